The summed E-state index contributed by atoms with van der Waals surface area (Å²) in [6.45, 7) is 4.16. The quantitative estimate of drug-likeness (QED) is 0.240. The van der Waals surface area contributed by atoms with Crippen molar-refractivity contribution in [3.05, 3.63) is 101 Å². The van der Waals surface area contributed by atoms with Crippen LogP contribution in [-0.4, -0.2) is 34.7 Å². The Hall–Kier alpha value is -4.59. The van der Waals surface area contributed by atoms with Crippen LogP contribution < -0.4 is 14.8 Å². The van der Waals surface area contributed by atoms with Crippen molar-refractivity contribution in [1.29, 1.82) is 0 Å². The molecule has 1 unspecified atom stereocenters. The zero-order valence-electron chi connectivity index (χ0n) is 22.1. The molecular formula is C31H32N2O6. The van der Waals surface area contributed by atoms with Gasteiger partial charge in [-0.15, -0.1) is 0 Å². The van der Waals surface area contributed by atoms with E-state index in [-0.39, 0.29) is 18.9 Å². The number of nitrogens with zero attached hydrogens (tertiary/aromatic N) is 1. The van der Waals surface area contributed by atoms with Crippen molar-refractivity contribution in [1.82, 2.24) is 10.3 Å². The Morgan fingerprint density at radius 3 is 2.38 bits per heavy atom. The van der Waals surface area contributed by atoms with E-state index < -0.39 is 12.1 Å². The van der Waals surface area contributed by atoms with Crippen molar-refractivity contribution in [2.24, 2.45) is 0 Å². The van der Waals surface area contributed by atoms with E-state index in [9.17, 15) is 9.59 Å². The van der Waals surface area contributed by atoms with Crippen molar-refractivity contribution >= 4 is 11.9 Å². The molecular weight excluding hydrogens is 496 g/mol. The highest BCUT2D eigenvalue weighted by atomic mass is 16.5. The minimum Gasteiger partial charge on any atom is -0.493 e. The molecule has 0 bridgehead atoms. The van der Waals surface area contributed by atoms with Crippen molar-refractivity contribution in [2.45, 2.75) is 45.8 Å². The molecule has 202 valence electrons. The third-order valence-corrected chi connectivity index (χ3v) is 6.19. The molecule has 0 saturated carbocycles. The Bertz CT molecular complexity index is 1380. The number of carboxylic acid groups (broad SMARTS) is 1. The number of carboxylic acids is 1. The molecule has 0 radical (unpaired) electrons. The first kappa shape index (κ1) is 27.4. The highest BCUT2D eigenvalue weighted by molar-refractivity contribution is 5.80. The third-order valence-electron chi connectivity index (χ3n) is 6.19. The SMILES string of the molecule is Cc1oc(-c2ccccc2)nc1CCOc1ccc(CCC(=O)O)c(CNC(=O)C(C)Oc2ccccc2)c1. The Morgan fingerprint density at radius 1 is 0.949 bits per heavy atom. The first-order valence-electron chi connectivity index (χ1n) is 12.9. The fourth-order valence-electron chi connectivity index (χ4n) is 4.05. The number of aryl methyl sites for hydroxylation is 2. The van der Waals surface area contributed by atoms with Gasteiger partial charge in [0, 0.05) is 24.9 Å². The van der Waals surface area contributed by atoms with Crippen LogP contribution in [0.25, 0.3) is 11.5 Å². The lowest BCUT2D eigenvalue weighted by Crippen LogP contribution is -2.36. The minimum atomic E-state index is -0.881. The van der Waals surface area contributed by atoms with Crippen LogP contribution in [-0.2, 0) is 29.0 Å². The molecule has 0 aliphatic rings. The molecule has 1 aromatic heterocycles. The average molecular weight is 529 g/mol. The highest BCUT2D eigenvalue weighted by Crippen LogP contribution is 2.23. The van der Waals surface area contributed by atoms with Crippen LogP contribution in [0.3, 0.4) is 0 Å². The van der Waals surface area contributed by atoms with Crippen LogP contribution in [0.4, 0.5) is 0 Å². The van der Waals surface area contributed by atoms with Crippen LogP contribution >= 0.6 is 0 Å². The molecule has 1 amide bonds. The lowest BCUT2D eigenvalue weighted by atomic mass is 10.0. The number of rotatable bonds is 13. The molecule has 2 N–H and O–H groups in total. The van der Waals surface area contributed by atoms with Crippen LogP contribution in [0.15, 0.2) is 83.3 Å². The fraction of sp³-hybridized carbons (Fsp3) is 0.258. The summed E-state index contributed by atoms with van der Waals surface area (Å²) in [5.41, 5.74) is 3.37. The van der Waals surface area contributed by atoms with Crippen molar-refractivity contribution in [2.75, 3.05) is 6.61 Å². The molecule has 3 aromatic carbocycles. The second kappa shape index (κ2) is 13.3. The Morgan fingerprint density at radius 2 is 1.67 bits per heavy atom. The van der Waals surface area contributed by atoms with Crippen LogP contribution in [0.2, 0.25) is 0 Å². The molecule has 0 fully saturated rings. The summed E-state index contributed by atoms with van der Waals surface area (Å²) in [4.78, 5) is 28.4. The number of benzene rings is 3. The largest absolute Gasteiger partial charge is 0.493 e. The van der Waals surface area contributed by atoms with E-state index in [0.717, 1.165) is 28.1 Å². The first-order valence-corrected chi connectivity index (χ1v) is 12.9. The van der Waals surface area contributed by atoms with Gasteiger partial charge in [-0.25, -0.2) is 4.98 Å². The van der Waals surface area contributed by atoms with Gasteiger partial charge in [0.25, 0.3) is 5.91 Å². The Balaban J connectivity index is 1.38. The van der Waals surface area contributed by atoms with Gasteiger partial charge in [-0.3, -0.25) is 9.59 Å². The number of nitrogens with one attached hydrogen (secondary N) is 1. The summed E-state index contributed by atoms with van der Waals surface area (Å²) in [5.74, 6) is 1.40. The number of carbonyl (C=O) groups is 2. The number of aliphatic carboxylic acids is 1. The molecule has 0 spiro atoms. The summed E-state index contributed by atoms with van der Waals surface area (Å²) in [6, 6.07) is 24.4. The molecule has 39 heavy (non-hydrogen) atoms. The fourth-order valence-corrected chi connectivity index (χ4v) is 4.05. The second-order valence-corrected chi connectivity index (χ2v) is 9.10. The Kier molecular flexibility index (Phi) is 9.34. The van der Waals surface area contributed by atoms with Gasteiger partial charge in [0.05, 0.1) is 12.3 Å². The van der Waals surface area contributed by atoms with Gasteiger partial charge >= 0.3 is 5.97 Å². The minimum absolute atomic E-state index is 0.0101. The Labute approximate surface area is 227 Å². The van der Waals surface area contributed by atoms with Gasteiger partial charge in [0.1, 0.15) is 17.3 Å². The standard InChI is InChI=1S/C31H32N2O6/c1-21-28(33-31(39-21)24-9-5-3-6-10-24)17-18-37-27-15-13-23(14-16-29(34)35)25(19-27)20-32-30(36)22(2)38-26-11-7-4-8-12-26/h3-13,15,19,22H,14,16-18,20H2,1-2H3,(H,32,36)(H,34,35). The normalized spacial score (nSPS) is 11.5. The summed E-state index contributed by atoms with van der Waals surface area (Å²) >= 11 is 0. The maximum Gasteiger partial charge on any atom is 0.303 e. The monoisotopic (exact) mass is 528 g/mol. The van der Waals surface area contributed by atoms with Gasteiger partial charge in [0.2, 0.25) is 5.89 Å². The van der Waals surface area contributed by atoms with E-state index in [1.807, 2.05) is 73.7 Å². The third kappa shape index (κ3) is 7.95. The van der Waals surface area contributed by atoms with Crippen molar-refractivity contribution in [3.63, 3.8) is 0 Å². The maximum atomic E-state index is 12.7. The van der Waals surface area contributed by atoms with E-state index in [4.69, 9.17) is 19.0 Å². The van der Waals surface area contributed by atoms with Crippen LogP contribution in [0.1, 0.15) is 35.9 Å². The zero-order valence-corrected chi connectivity index (χ0v) is 22.1. The smallest absolute Gasteiger partial charge is 0.303 e. The molecule has 0 saturated heterocycles. The molecule has 1 heterocycles. The number of hydrogen-bond donors (Lipinski definition) is 2. The number of aromatic nitrogens is 1. The molecule has 4 rings (SSSR count). The number of carbonyl (C=O) groups excluding carboxylic acids is 1. The van der Waals surface area contributed by atoms with E-state index in [0.29, 0.717) is 36.8 Å². The second-order valence-electron chi connectivity index (χ2n) is 9.10. The van der Waals surface area contributed by atoms with Gasteiger partial charge in [-0.1, -0.05) is 42.5 Å². The molecule has 0 aliphatic carbocycles. The van der Waals surface area contributed by atoms with Gasteiger partial charge in [-0.05, 0) is 67.8 Å². The number of ether oxygens (including phenoxy) is 2. The van der Waals surface area contributed by atoms with Crippen molar-refractivity contribution < 1.29 is 28.6 Å². The predicted octanol–water partition coefficient (Wildman–Crippen LogP) is 5.37. The number of amides is 1. The maximum absolute atomic E-state index is 12.7. The molecule has 4 aromatic rings. The predicted molar refractivity (Wildman–Crippen MR) is 147 cm³/mol. The van der Waals surface area contributed by atoms with Gasteiger partial charge in [-0.2, -0.15) is 0 Å². The van der Waals surface area contributed by atoms with E-state index in [2.05, 4.69) is 10.3 Å². The lowest BCUT2D eigenvalue weighted by molar-refractivity contribution is -0.137. The summed E-state index contributed by atoms with van der Waals surface area (Å²) in [6.07, 6.45) is 0.200. The molecule has 0 aliphatic heterocycles. The highest BCUT2D eigenvalue weighted by Gasteiger charge is 2.16. The van der Waals surface area contributed by atoms with E-state index in [1.54, 1.807) is 19.1 Å². The topological polar surface area (TPSA) is 111 Å². The lowest BCUT2D eigenvalue weighted by Gasteiger charge is -2.17. The summed E-state index contributed by atoms with van der Waals surface area (Å²) in [5, 5.41) is 12.0. The van der Waals surface area contributed by atoms with E-state index in [1.165, 1.54) is 0 Å². The molecule has 8 heteroatoms. The zero-order chi connectivity index (χ0) is 27.6. The van der Waals surface area contributed by atoms with Gasteiger partial charge < -0.3 is 24.3 Å². The van der Waals surface area contributed by atoms with Gasteiger partial charge in [0.15, 0.2) is 6.10 Å². The molecule has 1 atom stereocenters. The van der Waals surface area contributed by atoms with Crippen molar-refractivity contribution in [3.8, 4) is 23.0 Å². The molecule has 8 nitrogen and oxygen atoms in total. The van der Waals surface area contributed by atoms with Crippen LogP contribution in [0, 0.1) is 6.92 Å². The van der Waals surface area contributed by atoms with Crippen LogP contribution in [0.5, 0.6) is 11.5 Å². The first-order chi connectivity index (χ1) is 18.9. The summed E-state index contributed by atoms with van der Waals surface area (Å²) < 4.78 is 17.5. The number of oxazole rings is 1. The number of para-hydroxylation sites is 1. The number of hydrogen-bond acceptors (Lipinski definition) is 6. The van der Waals surface area contributed by atoms with E-state index >= 15 is 0 Å². The average Bonchev–Trinajstić information content (AvgIpc) is 3.32. The summed E-state index contributed by atoms with van der Waals surface area (Å²) in [7, 11) is 0.